The van der Waals surface area contributed by atoms with Gasteiger partial charge in [-0.15, -0.1) is 0 Å². The van der Waals surface area contributed by atoms with E-state index in [0.717, 1.165) is 4.90 Å². The summed E-state index contributed by atoms with van der Waals surface area (Å²) in [4.78, 5) is 46.9. The number of carbonyl (C=O) groups is 3. The Labute approximate surface area is 149 Å². The monoisotopic (exact) mass is 358 g/mol. The highest BCUT2D eigenvalue weighted by molar-refractivity contribution is 6.33. The molecular weight excluding hydrogens is 344 g/mol. The highest BCUT2D eigenvalue weighted by Gasteiger charge is 2.45. The summed E-state index contributed by atoms with van der Waals surface area (Å²) in [5.74, 6) is -2.34. The lowest BCUT2D eigenvalue weighted by Crippen LogP contribution is -2.46. The van der Waals surface area contributed by atoms with Crippen LogP contribution < -0.4 is 10.2 Å². The maximum atomic E-state index is 12.9. The summed E-state index contributed by atoms with van der Waals surface area (Å²) < 4.78 is 0. The number of aromatic nitrogens is 2. The number of imide groups is 1. The summed E-state index contributed by atoms with van der Waals surface area (Å²) >= 11 is 6.03. The van der Waals surface area contributed by atoms with Crippen LogP contribution in [0.1, 0.15) is 35.8 Å². The zero-order valence-corrected chi connectivity index (χ0v) is 14.3. The number of benzene rings is 1. The van der Waals surface area contributed by atoms with Crippen LogP contribution in [0.5, 0.6) is 0 Å². The Kier molecular flexibility index (Phi) is 4.50. The van der Waals surface area contributed by atoms with Crippen LogP contribution in [-0.4, -0.2) is 33.7 Å². The van der Waals surface area contributed by atoms with Crippen LogP contribution >= 0.6 is 11.6 Å². The van der Waals surface area contributed by atoms with Crippen LogP contribution in [0.2, 0.25) is 5.02 Å². The molecule has 1 aromatic carbocycles. The van der Waals surface area contributed by atoms with Gasteiger partial charge in [0.05, 0.1) is 11.9 Å². The van der Waals surface area contributed by atoms with Crippen molar-refractivity contribution >= 4 is 35.0 Å². The highest BCUT2D eigenvalue weighted by atomic mass is 35.5. The van der Waals surface area contributed by atoms with Crippen LogP contribution in [0.15, 0.2) is 36.8 Å². The van der Waals surface area contributed by atoms with E-state index in [9.17, 15) is 14.4 Å². The Morgan fingerprint density at radius 3 is 2.68 bits per heavy atom. The van der Waals surface area contributed by atoms with Crippen molar-refractivity contribution < 1.29 is 14.4 Å². The fourth-order valence-electron chi connectivity index (χ4n) is 2.69. The van der Waals surface area contributed by atoms with Gasteiger partial charge in [-0.25, -0.2) is 14.7 Å². The number of Topliss-reactive ketones (excluding diaryl/α,β-unsaturated/α-hetero) is 1. The standard InChI is InChI=1S/C17H15ClN4O3/c1-9(2)21-17(25)22-13-4-3-10(18)7-11(13)14(16(22)24)15(23)12-8-19-5-6-20-12/h3-9,14H,1-2H3,(H,21,25). The zero-order valence-electron chi connectivity index (χ0n) is 13.6. The molecule has 1 aliphatic rings. The molecule has 0 bridgehead atoms. The third kappa shape index (κ3) is 3.10. The van der Waals surface area contributed by atoms with Gasteiger partial charge in [0.25, 0.3) is 5.91 Å². The minimum Gasteiger partial charge on any atom is -0.335 e. The van der Waals surface area contributed by atoms with Crippen molar-refractivity contribution in [2.24, 2.45) is 0 Å². The first-order chi connectivity index (χ1) is 11.9. The quantitative estimate of drug-likeness (QED) is 0.672. The SMILES string of the molecule is CC(C)NC(=O)N1C(=O)C(C(=O)c2cnccn2)c2cc(Cl)ccc21. The molecule has 0 radical (unpaired) electrons. The Morgan fingerprint density at radius 2 is 2.04 bits per heavy atom. The molecule has 1 atom stereocenters. The molecule has 3 rings (SSSR count). The van der Waals surface area contributed by atoms with Crippen molar-refractivity contribution in [3.63, 3.8) is 0 Å². The molecule has 1 N–H and O–H groups in total. The van der Waals surface area contributed by atoms with E-state index in [1.807, 2.05) is 0 Å². The maximum Gasteiger partial charge on any atom is 0.328 e. The Balaban J connectivity index is 2.06. The van der Waals surface area contributed by atoms with E-state index in [1.165, 1.54) is 24.7 Å². The Hall–Kier alpha value is -2.80. The molecule has 2 heterocycles. The lowest BCUT2D eigenvalue weighted by atomic mass is 9.94. The van der Waals surface area contributed by atoms with E-state index >= 15 is 0 Å². The molecule has 0 saturated heterocycles. The molecule has 128 valence electrons. The molecule has 0 fully saturated rings. The summed E-state index contributed by atoms with van der Waals surface area (Å²) in [6, 6.07) is 3.90. The second-order valence-electron chi connectivity index (χ2n) is 5.87. The smallest absolute Gasteiger partial charge is 0.328 e. The van der Waals surface area contributed by atoms with Gasteiger partial charge in [0, 0.05) is 23.5 Å². The number of halogens is 1. The molecule has 0 saturated carbocycles. The van der Waals surface area contributed by atoms with Crippen molar-refractivity contribution in [3.8, 4) is 0 Å². The van der Waals surface area contributed by atoms with E-state index in [2.05, 4.69) is 15.3 Å². The van der Waals surface area contributed by atoms with E-state index in [1.54, 1.807) is 26.0 Å². The molecule has 3 amide bonds. The number of urea groups is 1. The summed E-state index contributed by atoms with van der Waals surface area (Å²) in [5, 5.41) is 3.03. The second kappa shape index (κ2) is 6.60. The molecule has 8 heteroatoms. The molecule has 1 unspecified atom stereocenters. The number of amides is 3. The second-order valence-corrected chi connectivity index (χ2v) is 6.31. The average Bonchev–Trinajstić information content (AvgIpc) is 2.85. The van der Waals surface area contributed by atoms with E-state index in [-0.39, 0.29) is 11.7 Å². The maximum absolute atomic E-state index is 12.9. The minimum atomic E-state index is -1.18. The minimum absolute atomic E-state index is 0.0536. The van der Waals surface area contributed by atoms with Gasteiger partial charge in [-0.1, -0.05) is 11.6 Å². The predicted octanol–water partition coefficient (Wildman–Crippen LogP) is 2.56. The third-order valence-electron chi connectivity index (χ3n) is 3.70. The van der Waals surface area contributed by atoms with Gasteiger partial charge in [-0.2, -0.15) is 0 Å². The Bertz CT molecular complexity index is 854. The normalized spacial score (nSPS) is 16.1. The molecule has 1 aromatic heterocycles. The summed E-state index contributed by atoms with van der Waals surface area (Å²) in [6.07, 6.45) is 4.09. The van der Waals surface area contributed by atoms with E-state index in [4.69, 9.17) is 11.6 Å². The first kappa shape index (κ1) is 17.0. The number of anilines is 1. The van der Waals surface area contributed by atoms with Crippen molar-refractivity contribution in [1.82, 2.24) is 15.3 Å². The van der Waals surface area contributed by atoms with Crippen molar-refractivity contribution in [1.29, 1.82) is 0 Å². The molecule has 7 nitrogen and oxygen atoms in total. The van der Waals surface area contributed by atoms with Gasteiger partial charge in [-0.3, -0.25) is 14.6 Å². The van der Waals surface area contributed by atoms with Crippen molar-refractivity contribution in [3.05, 3.63) is 53.1 Å². The third-order valence-corrected chi connectivity index (χ3v) is 3.94. The van der Waals surface area contributed by atoms with E-state index < -0.39 is 23.6 Å². The average molecular weight is 359 g/mol. The van der Waals surface area contributed by atoms with Crippen molar-refractivity contribution in [2.75, 3.05) is 4.90 Å². The van der Waals surface area contributed by atoms with Crippen LogP contribution in [0.4, 0.5) is 10.5 Å². The van der Waals surface area contributed by atoms with Gasteiger partial charge >= 0.3 is 6.03 Å². The fourth-order valence-corrected chi connectivity index (χ4v) is 2.87. The highest BCUT2D eigenvalue weighted by Crippen LogP contribution is 2.40. The van der Waals surface area contributed by atoms with Crippen LogP contribution in [-0.2, 0) is 4.79 Å². The zero-order chi connectivity index (χ0) is 18.1. The van der Waals surface area contributed by atoms with Crippen molar-refractivity contribution in [2.45, 2.75) is 25.8 Å². The van der Waals surface area contributed by atoms with Gasteiger partial charge in [0.15, 0.2) is 5.78 Å². The molecule has 0 aliphatic carbocycles. The topological polar surface area (TPSA) is 92.3 Å². The number of ketones is 1. The number of fused-ring (bicyclic) bond motifs is 1. The number of nitrogens with one attached hydrogen (secondary N) is 1. The number of rotatable bonds is 3. The largest absolute Gasteiger partial charge is 0.335 e. The number of hydrogen-bond acceptors (Lipinski definition) is 5. The molecule has 25 heavy (non-hydrogen) atoms. The molecule has 1 aliphatic heterocycles. The van der Waals surface area contributed by atoms with Gasteiger partial charge in [-0.05, 0) is 37.6 Å². The van der Waals surface area contributed by atoms with Gasteiger partial charge in [0.1, 0.15) is 11.6 Å². The first-order valence-corrected chi connectivity index (χ1v) is 8.02. The van der Waals surface area contributed by atoms with Crippen LogP contribution in [0.3, 0.4) is 0 Å². The fraction of sp³-hybridized carbons (Fsp3) is 0.235. The number of hydrogen-bond donors (Lipinski definition) is 1. The molecule has 0 spiro atoms. The molecule has 2 aromatic rings. The van der Waals surface area contributed by atoms with E-state index in [0.29, 0.717) is 16.3 Å². The Morgan fingerprint density at radius 1 is 1.28 bits per heavy atom. The lowest BCUT2D eigenvalue weighted by molar-refractivity contribution is -0.117. The lowest BCUT2D eigenvalue weighted by Gasteiger charge is -2.18. The summed E-state index contributed by atoms with van der Waals surface area (Å²) in [7, 11) is 0. The first-order valence-electron chi connectivity index (χ1n) is 7.64. The number of carbonyl (C=O) groups excluding carboxylic acids is 3. The predicted molar refractivity (Wildman–Crippen MR) is 91.7 cm³/mol. The van der Waals surface area contributed by atoms with Crippen LogP contribution in [0.25, 0.3) is 0 Å². The van der Waals surface area contributed by atoms with Crippen LogP contribution in [0, 0.1) is 0 Å². The van der Waals surface area contributed by atoms with Gasteiger partial charge in [0.2, 0.25) is 0 Å². The number of nitrogens with zero attached hydrogens (tertiary/aromatic N) is 3. The summed E-state index contributed by atoms with van der Waals surface area (Å²) in [6.45, 7) is 3.56. The molecular formula is C17H15ClN4O3. The summed E-state index contributed by atoms with van der Waals surface area (Å²) in [5.41, 5.74) is 0.778. The van der Waals surface area contributed by atoms with Gasteiger partial charge < -0.3 is 5.32 Å².